The number of aliphatic hydroxyl groups excluding tert-OH is 1. The highest BCUT2D eigenvalue weighted by molar-refractivity contribution is 5.83. The Kier molecular flexibility index (Phi) is 4.45. The van der Waals surface area contributed by atoms with Crippen LogP contribution in [0.4, 0.5) is 0 Å². The first-order valence-electron chi connectivity index (χ1n) is 6.59. The maximum Gasteiger partial charge on any atom is 0.176 e. The Bertz CT molecular complexity index is 535. The van der Waals surface area contributed by atoms with Crippen molar-refractivity contribution >= 4 is 11.0 Å². The summed E-state index contributed by atoms with van der Waals surface area (Å²) in [6.07, 6.45) is 0.730. The van der Waals surface area contributed by atoms with Crippen LogP contribution in [0.1, 0.15) is 32.1 Å². The van der Waals surface area contributed by atoms with E-state index in [1.165, 1.54) is 0 Å². The van der Waals surface area contributed by atoms with Gasteiger partial charge in [0.2, 0.25) is 0 Å². The average Bonchev–Trinajstić information content (AvgIpc) is 2.82. The van der Waals surface area contributed by atoms with Gasteiger partial charge in [-0.3, -0.25) is 0 Å². The van der Waals surface area contributed by atoms with Crippen molar-refractivity contribution in [1.29, 1.82) is 0 Å². The molecule has 0 aliphatic carbocycles. The van der Waals surface area contributed by atoms with Crippen molar-refractivity contribution in [3.8, 4) is 5.75 Å². The molecule has 1 heterocycles. The van der Waals surface area contributed by atoms with Crippen molar-refractivity contribution in [1.82, 2.24) is 5.32 Å². The van der Waals surface area contributed by atoms with Crippen LogP contribution in [-0.2, 0) is 0 Å². The summed E-state index contributed by atoms with van der Waals surface area (Å²) in [7, 11) is 1.64. The van der Waals surface area contributed by atoms with Gasteiger partial charge in [-0.15, -0.1) is 0 Å². The van der Waals surface area contributed by atoms with Crippen LogP contribution in [-0.4, -0.2) is 24.9 Å². The van der Waals surface area contributed by atoms with Crippen LogP contribution < -0.4 is 10.1 Å². The molecule has 104 valence electrons. The maximum absolute atomic E-state index is 8.92. The van der Waals surface area contributed by atoms with E-state index in [0.29, 0.717) is 0 Å². The van der Waals surface area contributed by atoms with E-state index in [4.69, 9.17) is 14.3 Å². The molecule has 4 heteroatoms. The Labute approximate surface area is 113 Å². The third kappa shape index (κ3) is 3.08. The normalized spacial score (nSPS) is 14.5. The molecule has 2 rings (SSSR count). The summed E-state index contributed by atoms with van der Waals surface area (Å²) in [6.45, 7) is 4.29. The van der Waals surface area contributed by atoms with E-state index in [9.17, 15) is 0 Å². The second-order valence-corrected chi connectivity index (χ2v) is 4.83. The monoisotopic (exact) mass is 263 g/mol. The number of benzene rings is 1. The lowest BCUT2D eigenvalue weighted by Gasteiger charge is -2.17. The molecule has 0 radical (unpaired) electrons. The van der Waals surface area contributed by atoms with Gasteiger partial charge in [0.1, 0.15) is 5.76 Å². The van der Waals surface area contributed by atoms with Gasteiger partial charge in [0.15, 0.2) is 11.3 Å². The molecule has 0 saturated heterocycles. The fourth-order valence-electron chi connectivity index (χ4n) is 2.22. The fraction of sp³-hybridized carbons (Fsp3) is 0.467. The zero-order valence-electron chi connectivity index (χ0n) is 11.6. The van der Waals surface area contributed by atoms with Gasteiger partial charge in [-0.2, -0.15) is 0 Å². The summed E-state index contributed by atoms with van der Waals surface area (Å²) in [6, 6.07) is 8.22. The molecule has 1 aromatic heterocycles. The van der Waals surface area contributed by atoms with Crippen molar-refractivity contribution in [2.24, 2.45) is 0 Å². The van der Waals surface area contributed by atoms with Crippen LogP contribution in [0, 0.1) is 0 Å². The molecule has 0 amide bonds. The lowest BCUT2D eigenvalue weighted by atomic mass is 10.1. The van der Waals surface area contributed by atoms with Crippen LogP contribution in [0.25, 0.3) is 11.0 Å². The summed E-state index contributed by atoms with van der Waals surface area (Å²) in [5.41, 5.74) is 0.781. The molecule has 0 saturated carbocycles. The second-order valence-electron chi connectivity index (χ2n) is 4.83. The molecule has 2 aromatic rings. The van der Waals surface area contributed by atoms with Gasteiger partial charge in [-0.05, 0) is 32.4 Å². The molecule has 2 unspecified atom stereocenters. The third-order valence-electron chi connectivity index (χ3n) is 3.27. The summed E-state index contributed by atoms with van der Waals surface area (Å²) in [5, 5.41) is 13.4. The zero-order valence-corrected chi connectivity index (χ0v) is 11.6. The fourth-order valence-corrected chi connectivity index (χ4v) is 2.22. The predicted octanol–water partition coefficient (Wildman–Crippen LogP) is 2.86. The quantitative estimate of drug-likeness (QED) is 0.841. The zero-order chi connectivity index (χ0) is 13.8. The number of fused-ring (bicyclic) bond motifs is 1. The first-order chi connectivity index (χ1) is 9.15. The Morgan fingerprint density at radius 2 is 2.16 bits per heavy atom. The van der Waals surface area contributed by atoms with Crippen molar-refractivity contribution in [2.45, 2.75) is 32.4 Å². The maximum atomic E-state index is 8.92. The van der Waals surface area contributed by atoms with Gasteiger partial charge in [-0.1, -0.05) is 12.1 Å². The van der Waals surface area contributed by atoms with E-state index >= 15 is 0 Å². The number of aliphatic hydroxyl groups is 1. The number of para-hydroxylation sites is 1. The molecular weight excluding hydrogens is 242 g/mol. The number of nitrogens with one attached hydrogen (secondary N) is 1. The molecule has 2 N–H and O–H groups in total. The summed E-state index contributed by atoms with van der Waals surface area (Å²) >= 11 is 0. The Morgan fingerprint density at radius 3 is 2.84 bits per heavy atom. The minimum Gasteiger partial charge on any atom is -0.493 e. The highest BCUT2D eigenvalue weighted by Gasteiger charge is 2.15. The summed E-state index contributed by atoms with van der Waals surface area (Å²) in [4.78, 5) is 0. The standard InChI is InChI=1S/C15H21NO3/c1-10(7-8-17)16-11(2)14-9-12-5-4-6-13(18-3)15(12)19-14/h4-6,9-11,16-17H,7-8H2,1-3H3. The van der Waals surface area contributed by atoms with Gasteiger partial charge in [0.25, 0.3) is 0 Å². The minimum absolute atomic E-state index is 0.0960. The number of rotatable bonds is 6. The van der Waals surface area contributed by atoms with E-state index in [-0.39, 0.29) is 18.7 Å². The minimum atomic E-state index is 0.0960. The van der Waals surface area contributed by atoms with Crippen LogP contribution in [0.5, 0.6) is 5.75 Å². The first kappa shape index (κ1) is 13.9. The highest BCUT2D eigenvalue weighted by atomic mass is 16.5. The van der Waals surface area contributed by atoms with Gasteiger partial charge >= 0.3 is 0 Å². The van der Waals surface area contributed by atoms with Crippen LogP contribution in [0.15, 0.2) is 28.7 Å². The average molecular weight is 263 g/mol. The van der Waals surface area contributed by atoms with E-state index in [1.807, 2.05) is 24.3 Å². The molecule has 4 nitrogen and oxygen atoms in total. The van der Waals surface area contributed by atoms with Crippen LogP contribution in [0.3, 0.4) is 0 Å². The summed E-state index contributed by atoms with van der Waals surface area (Å²) < 4.78 is 11.2. The predicted molar refractivity (Wildman–Crippen MR) is 75.5 cm³/mol. The lowest BCUT2D eigenvalue weighted by molar-refractivity contribution is 0.261. The SMILES string of the molecule is COc1cccc2cc(C(C)NC(C)CCO)oc12. The molecular formula is C15H21NO3. The Hall–Kier alpha value is -1.52. The molecule has 0 spiro atoms. The van der Waals surface area contributed by atoms with Gasteiger partial charge in [-0.25, -0.2) is 0 Å². The second kappa shape index (κ2) is 6.08. The van der Waals surface area contributed by atoms with Gasteiger partial charge in [0.05, 0.1) is 13.2 Å². The molecule has 0 aliphatic rings. The van der Waals surface area contributed by atoms with Crippen molar-refractivity contribution < 1.29 is 14.3 Å². The van der Waals surface area contributed by atoms with E-state index in [0.717, 1.165) is 28.9 Å². The van der Waals surface area contributed by atoms with Crippen molar-refractivity contribution in [3.05, 3.63) is 30.0 Å². The lowest BCUT2D eigenvalue weighted by Crippen LogP contribution is -2.29. The van der Waals surface area contributed by atoms with Gasteiger partial charge < -0.3 is 19.6 Å². The molecule has 19 heavy (non-hydrogen) atoms. The largest absolute Gasteiger partial charge is 0.493 e. The number of ether oxygens (including phenoxy) is 1. The molecule has 2 atom stereocenters. The molecule has 0 aliphatic heterocycles. The molecule has 0 fully saturated rings. The topological polar surface area (TPSA) is 54.6 Å². The molecule has 1 aromatic carbocycles. The Balaban J connectivity index is 2.21. The number of methoxy groups -OCH3 is 1. The van der Waals surface area contributed by atoms with Crippen molar-refractivity contribution in [3.63, 3.8) is 0 Å². The van der Waals surface area contributed by atoms with E-state index in [2.05, 4.69) is 19.2 Å². The van der Waals surface area contributed by atoms with Crippen molar-refractivity contribution in [2.75, 3.05) is 13.7 Å². The number of hydrogen-bond acceptors (Lipinski definition) is 4. The summed E-state index contributed by atoms with van der Waals surface area (Å²) in [5.74, 6) is 1.63. The molecule has 0 bridgehead atoms. The highest BCUT2D eigenvalue weighted by Crippen LogP contribution is 2.30. The number of hydrogen-bond donors (Lipinski definition) is 2. The smallest absolute Gasteiger partial charge is 0.176 e. The first-order valence-corrected chi connectivity index (χ1v) is 6.59. The van der Waals surface area contributed by atoms with Crippen LogP contribution in [0.2, 0.25) is 0 Å². The van der Waals surface area contributed by atoms with E-state index < -0.39 is 0 Å². The van der Waals surface area contributed by atoms with Gasteiger partial charge in [0, 0.05) is 18.0 Å². The van der Waals surface area contributed by atoms with E-state index in [1.54, 1.807) is 7.11 Å². The number of furan rings is 1. The van der Waals surface area contributed by atoms with Crippen LogP contribution >= 0.6 is 0 Å². The Morgan fingerprint density at radius 1 is 1.37 bits per heavy atom. The third-order valence-corrected chi connectivity index (χ3v) is 3.27.